The van der Waals surface area contributed by atoms with Crippen LogP contribution in [0.2, 0.25) is 5.02 Å². The molecule has 0 aliphatic heterocycles. The van der Waals surface area contributed by atoms with E-state index in [9.17, 15) is 4.21 Å². The number of hydrogen-bond acceptors (Lipinski definition) is 1. The highest BCUT2D eigenvalue weighted by Crippen LogP contribution is 2.58. The zero-order valence-electron chi connectivity index (χ0n) is 14.6. The Morgan fingerprint density at radius 3 is 2.04 bits per heavy atom. The highest BCUT2D eigenvalue weighted by molar-refractivity contribution is 7.85. The molecule has 25 heavy (non-hydrogen) atoms. The summed E-state index contributed by atoms with van der Waals surface area (Å²) >= 11 is 6.04. The van der Waals surface area contributed by atoms with Gasteiger partial charge in [-0.2, -0.15) is 4.40 Å². The van der Waals surface area contributed by atoms with Gasteiger partial charge >= 0.3 is 0 Å². The van der Waals surface area contributed by atoms with Gasteiger partial charge in [0.05, 0.1) is 4.75 Å². The monoisotopic (exact) mass is 375 g/mol. The van der Waals surface area contributed by atoms with Crippen molar-refractivity contribution < 1.29 is 4.21 Å². The third kappa shape index (κ3) is 2.73. The average molecular weight is 376 g/mol. The molecule has 5 aliphatic carbocycles. The summed E-state index contributed by atoms with van der Waals surface area (Å²) in [6.45, 7) is 0. The third-order valence-corrected chi connectivity index (χ3v) is 9.20. The maximum Gasteiger partial charge on any atom is 0.145 e. The molecule has 1 unspecified atom stereocenters. The van der Waals surface area contributed by atoms with Gasteiger partial charge in [-0.3, -0.25) is 0 Å². The van der Waals surface area contributed by atoms with Crippen molar-refractivity contribution >= 4 is 28.8 Å². The van der Waals surface area contributed by atoms with Gasteiger partial charge in [0.1, 0.15) is 11.0 Å². The zero-order chi connectivity index (χ0) is 17.1. The van der Waals surface area contributed by atoms with E-state index in [1.54, 1.807) is 0 Å². The van der Waals surface area contributed by atoms with Crippen molar-refractivity contribution in [1.82, 2.24) is 0 Å². The Bertz CT molecular complexity index is 687. The smallest absolute Gasteiger partial charge is 0.145 e. The SMILES string of the molecule is O=S(/N=C/C1(c2ccc(Cl)cc2)CCC1)C12CC3CC(CC(C3)C1)C2. The van der Waals surface area contributed by atoms with Crippen molar-refractivity contribution in [2.75, 3.05) is 0 Å². The normalized spacial score (nSPS) is 39.5. The maximum absolute atomic E-state index is 13.3. The summed E-state index contributed by atoms with van der Waals surface area (Å²) in [7, 11) is -1.07. The van der Waals surface area contributed by atoms with E-state index in [0.29, 0.717) is 0 Å². The predicted octanol–water partition coefficient (Wildman–Crippen LogP) is 5.47. The Kier molecular flexibility index (Phi) is 3.91. The van der Waals surface area contributed by atoms with E-state index in [0.717, 1.165) is 54.9 Å². The van der Waals surface area contributed by atoms with Gasteiger partial charge in [0.25, 0.3) is 0 Å². The second-order valence-electron chi connectivity index (χ2n) is 9.10. The fraction of sp³-hybridized carbons (Fsp3) is 0.667. The molecule has 4 bridgehead atoms. The molecule has 1 aromatic carbocycles. The largest absolute Gasteiger partial charge is 0.234 e. The van der Waals surface area contributed by atoms with E-state index in [4.69, 9.17) is 16.0 Å². The molecule has 134 valence electrons. The highest BCUT2D eigenvalue weighted by atomic mass is 35.5. The summed E-state index contributed by atoms with van der Waals surface area (Å²) in [4.78, 5) is 0. The van der Waals surface area contributed by atoms with Crippen molar-refractivity contribution in [2.45, 2.75) is 67.9 Å². The molecule has 0 heterocycles. The van der Waals surface area contributed by atoms with E-state index >= 15 is 0 Å². The molecule has 0 saturated heterocycles. The number of halogens is 1. The second-order valence-corrected chi connectivity index (χ2v) is 11.1. The molecule has 0 aromatic heterocycles. The molecule has 0 radical (unpaired) electrons. The molecule has 6 rings (SSSR count). The van der Waals surface area contributed by atoms with Crippen molar-refractivity contribution in [2.24, 2.45) is 22.2 Å². The lowest BCUT2D eigenvalue weighted by atomic mass is 9.56. The zero-order valence-corrected chi connectivity index (χ0v) is 16.2. The van der Waals surface area contributed by atoms with E-state index in [2.05, 4.69) is 18.3 Å². The Hall–Kier alpha value is -0.670. The first-order valence-electron chi connectivity index (χ1n) is 9.80. The summed E-state index contributed by atoms with van der Waals surface area (Å²) < 4.78 is 18.0. The molecule has 0 spiro atoms. The van der Waals surface area contributed by atoms with Gasteiger partial charge in [0, 0.05) is 16.7 Å². The van der Waals surface area contributed by atoms with Crippen LogP contribution >= 0.6 is 11.6 Å². The lowest BCUT2D eigenvalue weighted by molar-refractivity contribution is 0.0361. The topological polar surface area (TPSA) is 29.4 Å². The Labute approximate surface area is 158 Å². The molecular weight excluding hydrogens is 350 g/mol. The predicted molar refractivity (Wildman–Crippen MR) is 105 cm³/mol. The van der Waals surface area contributed by atoms with Crippen LogP contribution in [0.4, 0.5) is 0 Å². The van der Waals surface area contributed by atoms with Crippen molar-refractivity contribution in [1.29, 1.82) is 0 Å². The minimum Gasteiger partial charge on any atom is -0.234 e. The van der Waals surface area contributed by atoms with Crippen molar-refractivity contribution in [3.05, 3.63) is 34.9 Å². The van der Waals surface area contributed by atoms with Crippen LogP contribution in [0.25, 0.3) is 0 Å². The van der Waals surface area contributed by atoms with Crippen LogP contribution < -0.4 is 0 Å². The Balaban J connectivity index is 1.39. The molecule has 1 aromatic rings. The van der Waals surface area contributed by atoms with E-state index < -0.39 is 11.0 Å². The summed E-state index contributed by atoms with van der Waals surface area (Å²) in [6.07, 6.45) is 13.1. The lowest BCUT2D eigenvalue weighted by Crippen LogP contribution is -2.52. The third-order valence-electron chi connectivity index (χ3n) is 7.41. The lowest BCUT2D eigenvalue weighted by Gasteiger charge is -2.55. The fourth-order valence-corrected chi connectivity index (χ4v) is 8.12. The standard InChI is InChI=1S/C21H26ClNOS/c22-19-4-2-18(3-5-19)20(6-1-7-20)14-23-25(24)21-11-15-8-16(12-21)10-17(9-15)13-21/h2-5,14-17H,1,6-13H2/b23-14+. The molecule has 5 aliphatic rings. The van der Waals surface area contributed by atoms with Crippen molar-refractivity contribution in [3.63, 3.8) is 0 Å². The van der Waals surface area contributed by atoms with E-state index in [-0.39, 0.29) is 10.2 Å². The summed E-state index contributed by atoms with van der Waals surface area (Å²) in [5, 5.41) is 0.771. The van der Waals surface area contributed by atoms with Gasteiger partial charge in [0.2, 0.25) is 0 Å². The van der Waals surface area contributed by atoms with E-state index in [1.807, 2.05) is 12.1 Å². The molecule has 4 heteroatoms. The molecule has 2 nitrogen and oxygen atoms in total. The molecule has 5 fully saturated rings. The highest BCUT2D eigenvalue weighted by Gasteiger charge is 2.54. The minimum atomic E-state index is -1.07. The van der Waals surface area contributed by atoms with Crippen LogP contribution in [0.5, 0.6) is 0 Å². The summed E-state index contributed by atoms with van der Waals surface area (Å²) in [5.74, 6) is 2.46. The van der Waals surface area contributed by atoms with Crippen molar-refractivity contribution in [3.8, 4) is 0 Å². The van der Waals surface area contributed by atoms with Gasteiger partial charge in [-0.15, -0.1) is 0 Å². The second kappa shape index (κ2) is 5.92. The first kappa shape index (κ1) is 16.5. The van der Waals surface area contributed by atoms with Crippen LogP contribution in [-0.4, -0.2) is 15.2 Å². The molecular formula is C21H26ClNOS. The quantitative estimate of drug-likeness (QED) is 0.642. The minimum absolute atomic E-state index is 0.00379. The van der Waals surface area contributed by atoms with Crippen LogP contribution in [0.15, 0.2) is 28.7 Å². The van der Waals surface area contributed by atoms with Crippen LogP contribution in [-0.2, 0) is 16.4 Å². The number of rotatable bonds is 4. The number of benzene rings is 1. The Morgan fingerprint density at radius 1 is 1.00 bits per heavy atom. The summed E-state index contributed by atoms with van der Waals surface area (Å²) in [6, 6.07) is 8.14. The Morgan fingerprint density at radius 2 is 1.56 bits per heavy atom. The summed E-state index contributed by atoms with van der Waals surface area (Å²) in [5.41, 5.74) is 1.26. The van der Waals surface area contributed by atoms with Crippen LogP contribution in [0, 0.1) is 17.8 Å². The van der Waals surface area contributed by atoms with Gasteiger partial charge in [-0.25, -0.2) is 4.21 Å². The van der Waals surface area contributed by atoms with Gasteiger partial charge < -0.3 is 0 Å². The van der Waals surface area contributed by atoms with E-state index in [1.165, 1.54) is 31.2 Å². The first-order valence-corrected chi connectivity index (χ1v) is 11.3. The maximum atomic E-state index is 13.3. The van der Waals surface area contributed by atoms with Crippen LogP contribution in [0.3, 0.4) is 0 Å². The van der Waals surface area contributed by atoms with Gasteiger partial charge in [0.15, 0.2) is 0 Å². The molecule has 5 saturated carbocycles. The number of nitrogens with zero attached hydrogens (tertiary/aromatic N) is 1. The first-order chi connectivity index (χ1) is 12.1. The fourth-order valence-electron chi connectivity index (χ4n) is 6.34. The van der Waals surface area contributed by atoms with Gasteiger partial charge in [-0.1, -0.05) is 30.2 Å². The van der Waals surface area contributed by atoms with Crippen LogP contribution in [0.1, 0.15) is 63.4 Å². The van der Waals surface area contributed by atoms with Gasteiger partial charge in [-0.05, 0) is 86.8 Å². The molecule has 0 N–H and O–H groups in total. The average Bonchev–Trinajstić information content (AvgIpc) is 2.54. The molecule has 1 atom stereocenters. The number of hydrogen-bond donors (Lipinski definition) is 0. The molecule has 0 amide bonds.